The summed E-state index contributed by atoms with van der Waals surface area (Å²) >= 11 is 0. The van der Waals surface area contributed by atoms with Crippen LogP contribution in [0.25, 0.3) is 0 Å². The smallest absolute Gasteiger partial charge is 0.309 e. The molecular weight excluding hydrogens is 1770 g/mol. The van der Waals surface area contributed by atoms with Gasteiger partial charge in [0.1, 0.15) is 0 Å². The number of hydrogen-bond donors (Lipinski definition) is 0. The minimum atomic E-state index is -9.02. The van der Waals surface area contributed by atoms with Gasteiger partial charge in [0.2, 0.25) is 0 Å². The van der Waals surface area contributed by atoms with Crippen LogP contribution in [0.1, 0.15) is 16.7 Å². The van der Waals surface area contributed by atoms with E-state index in [1.807, 2.05) is 0 Å². The predicted octanol–water partition coefficient (Wildman–Crippen LogP) is 21.2. The molecule has 0 aliphatic heterocycles. The molecule has 3 aromatic carbocycles. The number of ether oxygens (including phenoxy) is 6. The average Bonchev–Trinajstić information content (AvgIpc) is 0.718. The maximum atomic E-state index is 15.8. The highest BCUT2D eigenvalue weighted by Gasteiger charge is 2.91. The predicted molar refractivity (Wildman–Crippen MR) is 226 cm³/mol. The van der Waals surface area contributed by atoms with Crippen molar-refractivity contribution in [2.45, 2.75) is 163 Å². The second kappa shape index (κ2) is 27.2. The van der Waals surface area contributed by atoms with E-state index in [0.717, 1.165) is 14.2 Å². The first-order valence-corrected chi connectivity index (χ1v) is 26.5. The molecule has 3 rings (SSSR count). The molecule has 638 valence electrons. The lowest BCUT2D eigenvalue weighted by Crippen LogP contribution is -2.69. The molecule has 0 heterocycles. The van der Waals surface area contributed by atoms with Crippen LogP contribution in [-0.2, 0) is 50.8 Å². The molecule has 110 heavy (non-hydrogen) atoms. The van der Waals surface area contributed by atoms with Crippen molar-refractivity contribution >= 4 is 23.1 Å². The molecule has 0 fully saturated rings. The summed E-state index contributed by atoms with van der Waals surface area (Å²) < 4.78 is 823. The minimum absolute atomic E-state index is 1.06. The van der Waals surface area contributed by atoms with Crippen LogP contribution in [0, 0.1) is 0 Å². The molecule has 0 aliphatic carbocycles. The summed E-state index contributed by atoms with van der Waals surface area (Å²) in [6.07, 6.45) is -130. The van der Waals surface area contributed by atoms with Gasteiger partial charge >= 0.3 is 163 Å². The molecule has 0 bridgehead atoms. The summed E-state index contributed by atoms with van der Waals surface area (Å²) in [6, 6.07) is -14.8. The van der Waals surface area contributed by atoms with Gasteiger partial charge in [0.05, 0.1) is 0 Å². The molecule has 0 aliphatic rings. The topological polar surface area (TPSA) is 72.5 Å². The molecule has 3 aromatic rings. The zero-order valence-corrected chi connectivity index (χ0v) is 49.2. The second-order valence-corrected chi connectivity index (χ2v) is 23.2. The van der Waals surface area contributed by atoms with E-state index in [0.29, 0.717) is 0 Å². The van der Waals surface area contributed by atoms with Gasteiger partial charge in [-0.25, -0.2) is 0 Å². The van der Waals surface area contributed by atoms with E-state index in [4.69, 9.17) is 0 Å². The molecule has 0 saturated carbocycles. The highest BCUT2D eigenvalue weighted by molar-refractivity contribution is 7.85. The van der Waals surface area contributed by atoms with Crippen molar-refractivity contribution in [2.75, 3.05) is 0 Å². The first kappa shape index (κ1) is 97.9. The Morgan fingerprint density at radius 1 is 0.173 bits per heavy atom. The van der Waals surface area contributed by atoms with Gasteiger partial charge in [0.25, 0.3) is 0 Å². The van der Waals surface area contributed by atoms with Crippen molar-refractivity contribution in [1.29, 1.82) is 0 Å². The zero-order chi connectivity index (χ0) is 88.2. The minimum Gasteiger partial charge on any atom is -0.309 e. The van der Waals surface area contributed by atoms with Gasteiger partial charge in [-0.3, -0.25) is 28.4 Å². The summed E-state index contributed by atoms with van der Waals surface area (Å²) in [6.45, 7) is 0. The summed E-state index contributed by atoms with van der Waals surface area (Å²) in [7, 11) is -6.92. The maximum Gasteiger partial charge on any atom is 0.462 e. The van der Waals surface area contributed by atoms with Crippen LogP contribution in [0.4, 0.5) is 250 Å². The fourth-order valence-corrected chi connectivity index (χ4v) is 9.94. The van der Waals surface area contributed by atoms with E-state index in [-0.39, 0.29) is 0 Å². The summed E-state index contributed by atoms with van der Waals surface area (Å²) in [5, 5.41) is -7.01. The lowest BCUT2D eigenvalue weighted by molar-refractivity contribution is -0.562. The molecule has 0 N–H and O–H groups in total. The molecule has 65 heteroatoms. The molecule has 0 radical (unpaired) electrons. The molecule has 6 unspecified atom stereocenters. The molecule has 0 amide bonds. The third-order valence-electron chi connectivity index (χ3n) is 13.1. The Bertz CT molecular complexity index is 3380. The number of alkyl halides is 57. The van der Waals surface area contributed by atoms with E-state index in [1.54, 1.807) is 0 Å². The van der Waals surface area contributed by atoms with Crippen molar-refractivity contribution in [2.24, 2.45) is 0 Å². The molecule has 6 atom stereocenters. The van der Waals surface area contributed by atoms with Crippen molar-refractivity contribution in [1.82, 2.24) is 0 Å². The van der Waals surface area contributed by atoms with E-state index >= 15 is 44.1 Å². The van der Waals surface area contributed by atoms with Gasteiger partial charge < -0.3 is 4.57 Å². The van der Waals surface area contributed by atoms with Crippen LogP contribution in [0.15, 0.2) is 72.8 Å². The standard InChI is InChI=1S/C45H12F57O7P/c46-19(47,25(58,34(73,74)75)104-43(97,98)28(61,37(82,83)84)107-40(91,92)22(52,53)31(64,65)66)13-1-7-16(8-2-13)110(103,17-9-3-14(4-10-17)20(48,49)26(59,35(76,77)78)105-44(99,100)29(62,38(85,86)87)108-41(93,94)23(54,55)32(67,68)69)18-11-5-15(6-12-18)21(50,51)27(60,36(79,80)81)106-45(101,102)30(63,39(88,89)90)109-42(95,96)24(56,57)33(70,71)72/h1-12H. The third-order valence-corrected chi connectivity index (χ3v) is 16.2. The number of rotatable bonds is 27. The van der Waals surface area contributed by atoms with Gasteiger partial charge in [-0.1, -0.05) is 72.8 Å². The zero-order valence-electron chi connectivity index (χ0n) is 48.3. The Hall–Kier alpha value is -6.34. The second-order valence-electron chi connectivity index (χ2n) is 20.5. The van der Waals surface area contributed by atoms with E-state index in [9.17, 15) is 211 Å². The number of halogens is 57. The fraction of sp³-hybridized carbons (Fsp3) is 0.600. The van der Waals surface area contributed by atoms with Crippen LogP contribution in [0.3, 0.4) is 0 Å². The van der Waals surface area contributed by atoms with Crippen molar-refractivity contribution in [3.8, 4) is 0 Å². The van der Waals surface area contributed by atoms with Crippen molar-refractivity contribution in [3.05, 3.63) is 89.5 Å². The number of benzene rings is 3. The normalized spacial score (nSPS) is 19.4. The average molecular weight is 1780 g/mol. The van der Waals surface area contributed by atoms with Crippen molar-refractivity contribution in [3.63, 3.8) is 0 Å². The van der Waals surface area contributed by atoms with Gasteiger partial charge in [0.15, 0.2) is 7.14 Å². The Morgan fingerprint density at radius 3 is 0.418 bits per heavy atom. The SMILES string of the molecule is O=P(c1ccc(C(F)(F)C(F)(OC(F)(F)C(F)(OC(F)(F)C(F)(F)C(F)(F)F)C(F)(F)F)C(F)(F)F)cc1)(c1ccc(C(F)(F)C(F)(OC(F)(F)C(F)(OC(F)(F)C(F)(F)C(F)(F)F)C(F)(F)F)C(F)(F)F)cc1)c1ccc(C(F)(F)C(F)(OC(F)(F)C(F)(OC(F)(F)C(F)(F)C(F)(F)F)C(F)(F)F)C(F)(F)F)cc1. The first-order chi connectivity index (χ1) is 47.4. The molecule has 0 spiro atoms. The Morgan fingerprint density at radius 2 is 0.300 bits per heavy atom. The quantitative estimate of drug-likeness (QED) is 0.0556. The van der Waals surface area contributed by atoms with Gasteiger partial charge in [-0.15, -0.1) is 0 Å². The van der Waals surface area contributed by atoms with E-state index in [1.165, 1.54) is 14.2 Å². The Labute approximate surface area is 559 Å². The van der Waals surface area contributed by atoms with Gasteiger partial charge in [-0.05, 0) is 0 Å². The lowest BCUT2D eigenvalue weighted by Gasteiger charge is -2.42. The van der Waals surface area contributed by atoms with Crippen LogP contribution in [-0.4, -0.2) is 145 Å². The van der Waals surface area contributed by atoms with Crippen molar-refractivity contribution < 1.29 is 283 Å². The highest BCUT2D eigenvalue weighted by atomic mass is 31.2. The maximum absolute atomic E-state index is 15.8. The summed E-state index contributed by atoms with van der Waals surface area (Å²) in [5.74, 6) is -102. The van der Waals surface area contributed by atoms with E-state index in [2.05, 4.69) is 0 Å². The number of hydrogen-bond acceptors (Lipinski definition) is 7. The highest BCUT2D eigenvalue weighted by Crippen LogP contribution is 2.65. The lowest BCUT2D eigenvalue weighted by atomic mass is 10.00. The van der Waals surface area contributed by atoms with Crippen LogP contribution >= 0.6 is 7.14 Å². The van der Waals surface area contributed by atoms with Gasteiger partial charge in [-0.2, -0.15) is 250 Å². The summed E-state index contributed by atoms with van der Waals surface area (Å²) in [5.41, 5.74) is -10.7. The van der Waals surface area contributed by atoms with Crippen LogP contribution in [0.2, 0.25) is 0 Å². The van der Waals surface area contributed by atoms with Crippen LogP contribution in [0.5, 0.6) is 0 Å². The first-order valence-electron chi connectivity index (χ1n) is 24.8. The van der Waals surface area contributed by atoms with Gasteiger partial charge in [0, 0.05) is 32.6 Å². The molecular formula is C45H12F57O7P. The molecule has 0 aromatic heterocycles. The monoisotopic (exact) mass is 1780 g/mol. The molecule has 0 saturated heterocycles. The largest absolute Gasteiger partial charge is 0.462 e. The Balaban J connectivity index is 2.62. The third kappa shape index (κ3) is 15.5. The summed E-state index contributed by atoms with van der Waals surface area (Å²) in [4.78, 5) is 0. The fourth-order valence-electron chi connectivity index (χ4n) is 7.34. The van der Waals surface area contributed by atoms with Crippen LogP contribution < -0.4 is 15.9 Å². The molecule has 7 nitrogen and oxygen atoms in total. The van der Waals surface area contributed by atoms with E-state index < -0.39 is 275 Å². The Kier molecular flexibility index (Phi) is 24.2.